The average molecular weight is 433 g/mol. The molecular formula is C25H21FN2O2S. The molecule has 3 aromatic carbocycles. The number of hydrogen-bond donors (Lipinski definition) is 0. The van der Waals surface area contributed by atoms with Crippen LogP contribution in [-0.2, 0) is 21.0 Å². The van der Waals surface area contributed by atoms with Crippen molar-refractivity contribution in [3.05, 3.63) is 94.8 Å². The molecule has 1 saturated heterocycles. The third-order valence-electron chi connectivity index (χ3n) is 5.81. The van der Waals surface area contributed by atoms with Gasteiger partial charge in [0.15, 0.2) is 0 Å². The van der Waals surface area contributed by atoms with Crippen LogP contribution in [0.2, 0.25) is 0 Å². The fourth-order valence-electron chi connectivity index (χ4n) is 4.59. The van der Waals surface area contributed by atoms with Gasteiger partial charge >= 0.3 is 0 Å². The predicted molar refractivity (Wildman–Crippen MR) is 122 cm³/mol. The van der Waals surface area contributed by atoms with Gasteiger partial charge in [-0.15, -0.1) is 11.8 Å². The van der Waals surface area contributed by atoms with Gasteiger partial charge in [-0.1, -0.05) is 42.5 Å². The summed E-state index contributed by atoms with van der Waals surface area (Å²) in [5.41, 5.74) is 4.69. The highest BCUT2D eigenvalue weighted by atomic mass is 32.2. The van der Waals surface area contributed by atoms with Crippen molar-refractivity contribution in [2.24, 2.45) is 0 Å². The van der Waals surface area contributed by atoms with Crippen molar-refractivity contribution < 1.29 is 14.0 Å². The Hall–Kier alpha value is -3.12. The lowest BCUT2D eigenvalue weighted by Crippen LogP contribution is -2.49. The number of fused-ring (bicyclic) bond motifs is 2. The van der Waals surface area contributed by atoms with Gasteiger partial charge in [0.25, 0.3) is 5.91 Å². The Bertz CT molecular complexity index is 1210. The number of nitrogens with zero attached hydrogens (tertiary/aromatic N) is 2. The Labute approximate surface area is 184 Å². The molecule has 2 heterocycles. The lowest BCUT2D eigenvalue weighted by molar-refractivity contribution is -0.123. The number of carbonyl (C=O) groups is 2. The number of carbonyl (C=O) groups excluding carboxylic acids is 2. The van der Waals surface area contributed by atoms with Crippen LogP contribution in [0.5, 0.6) is 0 Å². The van der Waals surface area contributed by atoms with E-state index in [9.17, 15) is 14.0 Å². The van der Waals surface area contributed by atoms with Crippen molar-refractivity contribution in [3.63, 3.8) is 0 Å². The molecule has 0 aliphatic carbocycles. The topological polar surface area (TPSA) is 40.6 Å². The first-order valence-corrected chi connectivity index (χ1v) is 11.1. The first-order chi connectivity index (χ1) is 14.9. The van der Waals surface area contributed by atoms with Gasteiger partial charge in [0.1, 0.15) is 5.82 Å². The second-order valence-electron chi connectivity index (χ2n) is 8.01. The van der Waals surface area contributed by atoms with Gasteiger partial charge < -0.3 is 4.90 Å². The van der Waals surface area contributed by atoms with E-state index in [0.717, 1.165) is 16.7 Å². The third kappa shape index (κ3) is 2.97. The van der Waals surface area contributed by atoms with Crippen molar-refractivity contribution in [1.82, 2.24) is 0 Å². The normalized spacial score (nSPS) is 20.1. The Morgan fingerprint density at radius 3 is 2.39 bits per heavy atom. The highest BCUT2D eigenvalue weighted by Gasteiger charge is 2.61. The zero-order chi connectivity index (χ0) is 21.8. The largest absolute Gasteiger partial charge is 0.304 e. The van der Waals surface area contributed by atoms with Crippen LogP contribution in [0.4, 0.5) is 15.8 Å². The van der Waals surface area contributed by atoms with Crippen LogP contribution in [-0.4, -0.2) is 17.6 Å². The fourth-order valence-corrected chi connectivity index (χ4v) is 5.95. The average Bonchev–Trinajstić information content (AvgIpc) is 3.20. The van der Waals surface area contributed by atoms with E-state index < -0.39 is 4.87 Å². The monoisotopic (exact) mass is 432 g/mol. The molecule has 2 amide bonds. The molecule has 156 valence electrons. The van der Waals surface area contributed by atoms with Crippen LogP contribution < -0.4 is 9.80 Å². The molecule has 4 nitrogen and oxygen atoms in total. The maximum absolute atomic E-state index is 14.4. The molecule has 31 heavy (non-hydrogen) atoms. The van der Waals surface area contributed by atoms with Crippen molar-refractivity contribution in [2.45, 2.75) is 25.3 Å². The third-order valence-corrected chi connectivity index (χ3v) is 7.20. The summed E-state index contributed by atoms with van der Waals surface area (Å²) < 4.78 is 14.4. The van der Waals surface area contributed by atoms with Crippen molar-refractivity contribution in [3.8, 4) is 0 Å². The van der Waals surface area contributed by atoms with Gasteiger partial charge in [-0.05, 0) is 49.2 Å². The van der Waals surface area contributed by atoms with E-state index in [1.54, 1.807) is 28.0 Å². The molecular weight excluding hydrogens is 411 g/mol. The summed E-state index contributed by atoms with van der Waals surface area (Å²) in [5.74, 6) is -0.464. The van der Waals surface area contributed by atoms with Crippen LogP contribution in [0.1, 0.15) is 22.3 Å². The summed E-state index contributed by atoms with van der Waals surface area (Å²) >= 11 is 1.34. The van der Waals surface area contributed by atoms with E-state index in [-0.39, 0.29) is 29.9 Å². The van der Waals surface area contributed by atoms with Crippen LogP contribution in [0.25, 0.3) is 0 Å². The molecule has 0 radical (unpaired) electrons. The summed E-state index contributed by atoms with van der Waals surface area (Å²) in [6.07, 6.45) is 0. The van der Waals surface area contributed by atoms with E-state index in [1.807, 2.05) is 56.3 Å². The van der Waals surface area contributed by atoms with Crippen molar-refractivity contribution in [2.75, 3.05) is 15.6 Å². The molecule has 0 saturated carbocycles. The van der Waals surface area contributed by atoms with Gasteiger partial charge in [-0.3, -0.25) is 14.5 Å². The second-order valence-corrected chi connectivity index (χ2v) is 9.18. The summed E-state index contributed by atoms with van der Waals surface area (Å²) in [6, 6.07) is 19.9. The Balaban J connectivity index is 1.67. The maximum Gasteiger partial charge on any atom is 0.269 e. The quantitative estimate of drug-likeness (QED) is 0.590. The Morgan fingerprint density at radius 1 is 0.968 bits per heavy atom. The van der Waals surface area contributed by atoms with E-state index in [0.29, 0.717) is 16.9 Å². The number of thioether (sulfide) groups is 1. The molecule has 1 atom stereocenters. The van der Waals surface area contributed by atoms with E-state index in [1.165, 1.54) is 17.8 Å². The standard InChI is InChI=1S/C25H21FN2O2S/c1-16-11-17(2)13-19(12-16)28-23(29)15-31-25(28)20-8-4-6-10-22(20)27(24(25)30)14-18-7-3-5-9-21(18)26/h3-13H,14-15H2,1-2H3. The lowest BCUT2D eigenvalue weighted by Gasteiger charge is -2.33. The highest BCUT2D eigenvalue weighted by molar-refractivity contribution is 8.02. The smallest absolute Gasteiger partial charge is 0.269 e. The minimum atomic E-state index is -1.18. The first kappa shape index (κ1) is 19.8. The van der Waals surface area contributed by atoms with Gasteiger partial charge in [-0.25, -0.2) is 4.39 Å². The number of aryl methyl sites for hydroxylation is 2. The molecule has 0 N–H and O–H groups in total. The molecule has 1 unspecified atom stereocenters. The van der Waals surface area contributed by atoms with Gasteiger partial charge in [-0.2, -0.15) is 0 Å². The SMILES string of the molecule is Cc1cc(C)cc(N2C(=O)CSC23C(=O)N(Cc2ccccc2F)c2ccccc23)c1. The molecule has 2 aliphatic heterocycles. The molecule has 1 spiro atoms. The number of hydrogen-bond acceptors (Lipinski definition) is 3. The molecule has 0 bridgehead atoms. The zero-order valence-electron chi connectivity index (χ0n) is 17.3. The second kappa shape index (κ2) is 7.24. The zero-order valence-corrected chi connectivity index (χ0v) is 18.1. The first-order valence-electron chi connectivity index (χ1n) is 10.1. The lowest BCUT2D eigenvalue weighted by atomic mass is 10.0. The highest BCUT2D eigenvalue weighted by Crippen LogP contribution is 2.56. The van der Waals surface area contributed by atoms with Crippen molar-refractivity contribution >= 4 is 35.0 Å². The number of amides is 2. The molecule has 5 rings (SSSR count). The Morgan fingerprint density at radius 2 is 1.65 bits per heavy atom. The van der Waals surface area contributed by atoms with E-state index in [4.69, 9.17) is 0 Å². The summed E-state index contributed by atoms with van der Waals surface area (Å²) in [4.78, 5) is 29.2. The Kier molecular flexibility index (Phi) is 4.63. The molecule has 6 heteroatoms. The molecule has 3 aromatic rings. The van der Waals surface area contributed by atoms with Gasteiger partial charge in [0.2, 0.25) is 10.8 Å². The van der Waals surface area contributed by atoms with Crippen molar-refractivity contribution in [1.29, 1.82) is 0 Å². The number of anilines is 2. The summed E-state index contributed by atoms with van der Waals surface area (Å²) in [5, 5.41) is 0. The van der Waals surface area contributed by atoms with Gasteiger partial charge in [0.05, 0.1) is 18.0 Å². The number of para-hydroxylation sites is 1. The minimum absolute atomic E-state index is 0.106. The maximum atomic E-state index is 14.4. The fraction of sp³-hybridized carbons (Fsp3) is 0.200. The summed E-state index contributed by atoms with van der Waals surface area (Å²) in [6.45, 7) is 4.07. The number of halogens is 1. The molecule has 0 aromatic heterocycles. The van der Waals surface area contributed by atoms with E-state index in [2.05, 4.69) is 0 Å². The number of benzene rings is 3. The predicted octanol–water partition coefficient (Wildman–Crippen LogP) is 4.92. The van der Waals surface area contributed by atoms with E-state index >= 15 is 0 Å². The van der Waals surface area contributed by atoms with Gasteiger partial charge in [0, 0.05) is 16.8 Å². The van der Waals surface area contributed by atoms with Crippen LogP contribution in [0.15, 0.2) is 66.7 Å². The molecule has 2 aliphatic rings. The van der Waals surface area contributed by atoms with Crippen LogP contribution >= 0.6 is 11.8 Å². The number of rotatable bonds is 3. The summed E-state index contributed by atoms with van der Waals surface area (Å²) in [7, 11) is 0. The molecule has 1 fully saturated rings. The van der Waals surface area contributed by atoms with Crippen LogP contribution in [0.3, 0.4) is 0 Å². The minimum Gasteiger partial charge on any atom is -0.304 e. The van der Waals surface area contributed by atoms with Crippen LogP contribution in [0, 0.1) is 19.7 Å².